The van der Waals surface area contributed by atoms with E-state index in [1.54, 1.807) is 0 Å². The number of ether oxygens (including phenoxy) is 1. The molecule has 0 saturated carbocycles. The van der Waals surface area contributed by atoms with Crippen molar-refractivity contribution >= 4 is 5.91 Å². The first kappa shape index (κ1) is 11.5. The van der Waals surface area contributed by atoms with Crippen molar-refractivity contribution in [3.8, 4) is 0 Å². The molecule has 1 fully saturated rings. The number of carbonyl (C=O) groups excluding carboxylic acids is 1. The number of amides is 1. The Hall–Kier alpha value is -0.570. The number of nitrogens with two attached hydrogens (primary N) is 1. The Bertz CT molecular complexity index is 182. The first-order valence-electron chi connectivity index (χ1n) is 5.67. The summed E-state index contributed by atoms with van der Waals surface area (Å²) in [6, 6.07) is 0. The van der Waals surface area contributed by atoms with E-state index < -0.39 is 0 Å². The van der Waals surface area contributed by atoms with Crippen molar-refractivity contribution < 1.29 is 9.53 Å². The molecule has 0 bridgehead atoms. The summed E-state index contributed by atoms with van der Waals surface area (Å²) in [6.45, 7) is 2.21. The Morgan fingerprint density at radius 1 is 1.21 bits per heavy atom. The molecule has 82 valence electrons. The summed E-state index contributed by atoms with van der Waals surface area (Å²) in [4.78, 5) is 10.5. The molecule has 2 N–H and O–H groups in total. The van der Waals surface area contributed by atoms with E-state index in [9.17, 15) is 4.79 Å². The van der Waals surface area contributed by atoms with Crippen LogP contribution in [-0.2, 0) is 9.53 Å². The number of unbranched alkanes of at least 4 members (excludes halogenated alkanes) is 2. The van der Waals surface area contributed by atoms with Crippen LogP contribution in [0.5, 0.6) is 0 Å². The van der Waals surface area contributed by atoms with Gasteiger partial charge < -0.3 is 10.5 Å². The van der Waals surface area contributed by atoms with Crippen LogP contribution >= 0.6 is 0 Å². The highest BCUT2D eigenvalue weighted by Gasteiger charge is 2.36. The third-order valence-electron chi connectivity index (χ3n) is 2.69. The highest BCUT2D eigenvalue weighted by Crippen LogP contribution is 2.31. The molecule has 1 amide bonds. The second-order valence-corrected chi connectivity index (χ2v) is 4.07. The van der Waals surface area contributed by atoms with Crippen LogP contribution < -0.4 is 5.73 Å². The number of carbonyl (C=O) groups is 1. The van der Waals surface area contributed by atoms with Crippen LogP contribution in [0.15, 0.2) is 0 Å². The van der Waals surface area contributed by atoms with Gasteiger partial charge in [-0.05, 0) is 19.3 Å². The van der Waals surface area contributed by atoms with Crippen molar-refractivity contribution in [1.82, 2.24) is 0 Å². The van der Waals surface area contributed by atoms with E-state index in [0.29, 0.717) is 18.6 Å². The molecule has 2 atom stereocenters. The maximum atomic E-state index is 10.5. The molecule has 3 heteroatoms. The smallest absolute Gasteiger partial charge is 0.217 e. The minimum absolute atomic E-state index is 0.201. The molecular formula is C11H21NO2. The molecule has 1 aliphatic heterocycles. The van der Waals surface area contributed by atoms with Crippen molar-refractivity contribution in [2.24, 2.45) is 5.73 Å². The molecule has 0 aromatic heterocycles. The van der Waals surface area contributed by atoms with Gasteiger partial charge in [-0.25, -0.2) is 0 Å². The van der Waals surface area contributed by atoms with Crippen LogP contribution in [0.25, 0.3) is 0 Å². The minimum Gasteiger partial charge on any atom is -0.370 e. The fourth-order valence-corrected chi connectivity index (χ4v) is 1.76. The van der Waals surface area contributed by atoms with Crippen molar-refractivity contribution in [3.05, 3.63) is 0 Å². The normalized spacial score (nSPS) is 24.9. The first-order valence-corrected chi connectivity index (χ1v) is 5.67. The minimum atomic E-state index is -0.201. The van der Waals surface area contributed by atoms with E-state index in [-0.39, 0.29) is 5.91 Å². The molecule has 3 nitrogen and oxygen atoms in total. The van der Waals surface area contributed by atoms with Gasteiger partial charge in [0.15, 0.2) is 0 Å². The van der Waals surface area contributed by atoms with Gasteiger partial charge in [-0.2, -0.15) is 0 Å². The molecule has 2 unspecified atom stereocenters. The molecule has 0 spiro atoms. The molecule has 0 aromatic rings. The lowest BCUT2D eigenvalue weighted by atomic mass is 10.1. The van der Waals surface area contributed by atoms with E-state index in [4.69, 9.17) is 10.5 Å². The Morgan fingerprint density at radius 3 is 2.43 bits per heavy atom. The van der Waals surface area contributed by atoms with Gasteiger partial charge in [0.2, 0.25) is 5.91 Å². The largest absolute Gasteiger partial charge is 0.370 e. The van der Waals surface area contributed by atoms with Crippen LogP contribution in [0.2, 0.25) is 0 Å². The molecule has 0 aromatic carbocycles. The molecule has 1 heterocycles. The Balaban J connectivity index is 1.89. The maximum Gasteiger partial charge on any atom is 0.217 e. The van der Waals surface area contributed by atoms with Gasteiger partial charge in [0, 0.05) is 6.42 Å². The molecular weight excluding hydrogens is 178 g/mol. The van der Waals surface area contributed by atoms with E-state index >= 15 is 0 Å². The average molecular weight is 199 g/mol. The number of epoxide rings is 1. The predicted molar refractivity (Wildman–Crippen MR) is 55.8 cm³/mol. The van der Waals surface area contributed by atoms with Gasteiger partial charge in [0.25, 0.3) is 0 Å². The van der Waals surface area contributed by atoms with Crippen molar-refractivity contribution in [3.63, 3.8) is 0 Å². The lowest BCUT2D eigenvalue weighted by Gasteiger charge is -1.95. The quantitative estimate of drug-likeness (QED) is 0.480. The zero-order valence-electron chi connectivity index (χ0n) is 9.00. The van der Waals surface area contributed by atoms with Gasteiger partial charge in [0.05, 0.1) is 12.2 Å². The monoisotopic (exact) mass is 199 g/mol. The SMILES string of the molecule is CCCCCC1OC1CCCC(N)=O. The molecule has 1 aliphatic rings. The average Bonchev–Trinajstić information content (AvgIpc) is 2.84. The van der Waals surface area contributed by atoms with E-state index in [0.717, 1.165) is 12.8 Å². The fourth-order valence-electron chi connectivity index (χ4n) is 1.76. The summed E-state index contributed by atoms with van der Waals surface area (Å²) in [6.07, 6.45) is 8.31. The fraction of sp³-hybridized carbons (Fsp3) is 0.909. The lowest BCUT2D eigenvalue weighted by Crippen LogP contribution is -2.10. The van der Waals surface area contributed by atoms with E-state index in [2.05, 4.69) is 6.92 Å². The van der Waals surface area contributed by atoms with Crippen LogP contribution in [-0.4, -0.2) is 18.1 Å². The van der Waals surface area contributed by atoms with Gasteiger partial charge in [-0.15, -0.1) is 0 Å². The van der Waals surface area contributed by atoms with Gasteiger partial charge in [0.1, 0.15) is 0 Å². The number of hydrogen-bond acceptors (Lipinski definition) is 2. The lowest BCUT2D eigenvalue weighted by molar-refractivity contribution is -0.118. The maximum absolute atomic E-state index is 10.5. The Kier molecular flexibility index (Phi) is 4.94. The third-order valence-corrected chi connectivity index (χ3v) is 2.69. The molecule has 14 heavy (non-hydrogen) atoms. The number of rotatable bonds is 8. The Morgan fingerprint density at radius 2 is 1.86 bits per heavy atom. The van der Waals surface area contributed by atoms with Gasteiger partial charge in [-0.3, -0.25) is 4.79 Å². The number of primary amides is 1. The summed E-state index contributed by atoms with van der Waals surface area (Å²) in [7, 11) is 0. The second kappa shape index (κ2) is 6.02. The van der Waals surface area contributed by atoms with E-state index in [1.165, 1.54) is 25.7 Å². The summed E-state index contributed by atoms with van der Waals surface area (Å²) in [5, 5.41) is 0. The zero-order chi connectivity index (χ0) is 10.4. The Labute approximate surface area is 86.0 Å². The van der Waals surface area contributed by atoms with Crippen molar-refractivity contribution in [2.75, 3.05) is 0 Å². The summed E-state index contributed by atoms with van der Waals surface area (Å²) >= 11 is 0. The highest BCUT2D eigenvalue weighted by atomic mass is 16.6. The van der Waals surface area contributed by atoms with Crippen LogP contribution in [0.1, 0.15) is 51.9 Å². The van der Waals surface area contributed by atoms with Crippen LogP contribution in [0.4, 0.5) is 0 Å². The summed E-state index contributed by atoms with van der Waals surface area (Å²) in [5.41, 5.74) is 5.05. The molecule has 1 saturated heterocycles. The molecule has 0 radical (unpaired) electrons. The third kappa shape index (κ3) is 4.61. The standard InChI is InChI=1S/C11H21NO2/c1-2-3-4-6-9-10(14-9)7-5-8-11(12)13/h9-10H,2-8H2,1H3,(H2,12,13). The van der Waals surface area contributed by atoms with Crippen LogP contribution in [0.3, 0.4) is 0 Å². The molecule has 0 aliphatic carbocycles. The first-order chi connectivity index (χ1) is 6.74. The van der Waals surface area contributed by atoms with Crippen LogP contribution in [0, 0.1) is 0 Å². The second-order valence-electron chi connectivity index (χ2n) is 4.07. The van der Waals surface area contributed by atoms with Gasteiger partial charge in [-0.1, -0.05) is 26.2 Å². The highest BCUT2D eigenvalue weighted by molar-refractivity contribution is 5.73. The van der Waals surface area contributed by atoms with E-state index in [1.807, 2.05) is 0 Å². The zero-order valence-corrected chi connectivity index (χ0v) is 9.00. The van der Waals surface area contributed by atoms with Crippen molar-refractivity contribution in [1.29, 1.82) is 0 Å². The molecule has 1 rings (SSSR count). The predicted octanol–water partition coefficient (Wildman–Crippen LogP) is 1.99. The summed E-state index contributed by atoms with van der Waals surface area (Å²) in [5.74, 6) is -0.201. The van der Waals surface area contributed by atoms with Gasteiger partial charge >= 0.3 is 0 Å². The summed E-state index contributed by atoms with van der Waals surface area (Å²) < 4.78 is 5.49. The van der Waals surface area contributed by atoms with Crippen molar-refractivity contribution in [2.45, 2.75) is 64.1 Å². The number of hydrogen-bond donors (Lipinski definition) is 1. The topological polar surface area (TPSA) is 55.6 Å².